The smallest absolute Gasteiger partial charge is 0.337 e. The first-order valence-corrected chi connectivity index (χ1v) is 7.86. The lowest BCUT2D eigenvalue weighted by Crippen LogP contribution is -2.25. The monoisotopic (exact) mass is 310 g/mol. The van der Waals surface area contributed by atoms with Crippen LogP contribution in [0, 0.1) is 0 Å². The van der Waals surface area contributed by atoms with Crippen LogP contribution >= 0.6 is 0 Å². The molecule has 0 aliphatic carbocycles. The van der Waals surface area contributed by atoms with E-state index in [4.69, 9.17) is 15.9 Å². The summed E-state index contributed by atoms with van der Waals surface area (Å²) in [7, 11) is 0. The number of hydrogen-bond acceptors (Lipinski definition) is 4. The van der Waals surface area contributed by atoms with Crippen molar-refractivity contribution in [1.29, 1.82) is 0 Å². The molecule has 2 unspecified atom stereocenters. The zero-order chi connectivity index (χ0) is 17.0. The molecular formula is C17H30N2O3. The van der Waals surface area contributed by atoms with Crippen LogP contribution in [0.4, 0.5) is 0 Å². The first-order valence-electron chi connectivity index (χ1n) is 7.86. The standard InChI is InChI=1S/C9H22N2.C8H8O3/c1-4-11(5-2)8-6-7-9(3)10;9-7(8(10)11)6-4-2-1-3-5-6/h9H,4-8,10H2,1-3H3;1-5,7,9H,(H,10,11). The molecule has 0 spiro atoms. The van der Waals surface area contributed by atoms with E-state index in [1.165, 1.54) is 13.0 Å². The second-order valence-electron chi connectivity index (χ2n) is 5.30. The Hall–Kier alpha value is -1.43. The highest BCUT2D eigenvalue weighted by atomic mass is 16.4. The molecule has 1 aromatic carbocycles. The SMILES string of the molecule is CCN(CC)CCCC(C)N.O=C(O)C(O)c1ccccc1. The van der Waals surface area contributed by atoms with Crippen LogP contribution in [0.2, 0.25) is 0 Å². The molecule has 5 nitrogen and oxygen atoms in total. The highest BCUT2D eigenvalue weighted by Crippen LogP contribution is 2.10. The van der Waals surface area contributed by atoms with E-state index in [0.29, 0.717) is 11.6 Å². The fourth-order valence-corrected chi connectivity index (χ4v) is 1.95. The fourth-order valence-electron chi connectivity index (χ4n) is 1.95. The lowest BCUT2D eigenvalue weighted by atomic mass is 10.1. The Morgan fingerprint density at radius 2 is 1.77 bits per heavy atom. The van der Waals surface area contributed by atoms with Crippen molar-refractivity contribution in [2.45, 2.75) is 45.8 Å². The molecular weight excluding hydrogens is 280 g/mol. The van der Waals surface area contributed by atoms with Gasteiger partial charge in [-0.15, -0.1) is 0 Å². The van der Waals surface area contributed by atoms with Crippen molar-refractivity contribution in [3.63, 3.8) is 0 Å². The van der Waals surface area contributed by atoms with Crippen LogP contribution in [0.15, 0.2) is 30.3 Å². The summed E-state index contributed by atoms with van der Waals surface area (Å²) in [5.41, 5.74) is 6.05. The minimum Gasteiger partial charge on any atom is -0.479 e. The van der Waals surface area contributed by atoms with Gasteiger partial charge in [0.05, 0.1) is 0 Å². The van der Waals surface area contributed by atoms with Crippen molar-refractivity contribution in [3.8, 4) is 0 Å². The van der Waals surface area contributed by atoms with E-state index in [0.717, 1.165) is 19.5 Å². The molecule has 22 heavy (non-hydrogen) atoms. The Morgan fingerprint density at radius 1 is 1.23 bits per heavy atom. The molecule has 0 radical (unpaired) electrons. The van der Waals surface area contributed by atoms with Crippen LogP contribution in [-0.2, 0) is 4.79 Å². The van der Waals surface area contributed by atoms with Crippen LogP contribution in [-0.4, -0.2) is 46.8 Å². The molecule has 1 rings (SSSR count). The molecule has 0 aliphatic heterocycles. The Morgan fingerprint density at radius 3 is 2.18 bits per heavy atom. The maximum absolute atomic E-state index is 10.2. The highest BCUT2D eigenvalue weighted by molar-refractivity contribution is 5.73. The lowest BCUT2D eigenvalue weighted by Gasteiger charge is -2.17. The van der Waals surface area contributed by atoms with Crippen molar-refractivity contribution in [3.05, 3.63) is 35.9 Å². The third kappa shape index (κ3) is 9.50. The van der Waals surface area contributed by atoms with Crippen molar-refractivity contribution in [2.24, 2.45) is 5.73 Å². The molecule has 4 N–H and O–H groups in total. The molecule has 0 amide bonds. The maximum atomic E-state index is 10.2. The Labute approximate surface area is 133 Å². The van der Waals surface area contributed by atoms with Gasteiger partial charge >= 0.3 is 5.97 Å². The first kappa shape index (κ1) is 20.6. The quantitative estimate of drug-likeness (QED) is 0.685. The average molecular weight is 310 g/mol. The van der Waals surface area contributed by atoms with Crippen molar-refractivity contribution >= 4 is 5.97 Å². The molecule has 1 aromatic rings. The van der Waals surface area contributed by atoms with E-state index in [9.17, 15) is 4.79 Å². The van der Waals surface area contributed by atoms with E-state index in [-0.39, 0.29) is 0 Å². The lowest BCUT2D eigenvalue weighted by molar-refractivity contribution is -0.146. The zero-order valence-electron chi connectivity index (χ0n) is 13.9. The minimum atomic E-state index is -1.41. The summed E-state index contributed by atoms with van der Waals surface area (Å²) in [6.45, 7) is 10.0. The average Bonchev–Trinajstić information content (AvgIpc) is 2.52. The molecule has 0 bridgehead atoms. The number of carboxylic acid groups (broad SMARTS) is 1. The molecule has 0 heterocycles. The number of nitrogens with zero attached hydrogens (tertiary/aromatic N) is 1. The van der Waals surface area contributed by atoms with Crippen LogP contribution in [0.5, 0.6) is 0 Å². The number of rotatable bonds is 8. The number of aliphatic hydroxyl groups excluding tert-OH is 1. The van der Waals surface area contributed by atoms with Gasteiger partial charge in [0, 0.05) is 6.04 Å². The van der Waals surface area contributed by atoms with E-state index >= 15 is 0 Å². The predicted molar refractivity (Wildman–Crippen MR) is 89.7 cm³/mol. The molecule has 0 fully saturated rings. The third-order valence-corrected chi connectivity index (χ3v) is 3.38. The molecule has 5 heteroatoms. The van der Waals surface area contributed by atoms with Gasteiger partial charge in [-0.1, -0.05) is 44.2 Å². The summed E-state index contributed by atoms with van der Waals surface area (Å²) >= 11 is 0. The van der Waals surface area contributed by atoms with Gasteiger partial charge in [0.15, 0.2) is 6.10 Å². The molecule has 126 valence electrons. The van der Waals surface area contributed by atoms with Crippen LogP contribution in [0.25, 0.3) is 0 Å². The van der Waals surface area contributed by atoms with Crippen LogP contribution in [0.3, 0.4) is 0 Å². The van der Waals surface area contributed by atoms with Crippen LogP contribution < -0.4 is 5.73 Å². The molecule has 0 aliphatic rings. The Bertz CT molecular complexity index is 392. The molecule has 0 aromatic heterocycles. The zero-order valence-corrected chi connectivity index (χ0v) is 13.9. The Balaban J connectivity index is 0.000000401. The number of aliphatic hydroxyl groups is 1. The second kappa shape index (κ2) is 12.1. The van der Waals surface area contributed by atoms with Crippen molar-refractivity contribution < 1.29 is 15.0 Å². The molecule has 2 atom stereocenters. The van der Waals surface area contributed by atoms with Gasteiger partial charge in [-0.2, -0.15) is 0 Å². The number of nitrogens with two attached hydrogens (primary N) is 1. The number of benzene rings is 1. The Kier molecular flexibility index (Phi) is 11.4. The largest absolute Gasteiger partial charge is 0.479 e. The fraction of sp³-hybridized carbons (Fsp3) is 0.588. The predicted octanol–water partition coefficient (Wildman–Crippen LogP) is 2.26. The number of carbonyl (C=O) groups is 1. The first-order chi connectivity index (χ1) is 10.4. The van der Waals surface area contributed by atoms with Gasteiger partial charge < -0.3 is 20.8 Å². The van der Waals surface area contributed by atoms with Gasteiger partial charge in [0.1, 0.15) is 0 Å². The number of aliphatic carboxylic acids is 1. The van der Waals surface area contributed by atoms with Gasteiger partial charge in [-0.25, -0.2) is 4.79 Å². The van der Waals surface area contributed by atoms with Gasteiger partial charge in [0.25, 0.3) is 0 Å². The topological polar surface area (TPSA) is 86.8 Å². The molecule has 0 saturated heterocycles. The summed E-state index contributed by atoms with van der Waals surface area (Å²) < 4.78 is 0. The summed E-state index contributed by atoms with van der Waals surface area (Å²) in [6.07, 6.45) is 0.978. The van der Waals surface area contributed by atoms with Gasteiger partial charge in [0.2, 0.25) is 0 Å². The van der Waals surface area contributed by atoms with E-state index in [1.807, 2.05) is 0 Å². The summed E-state index contributed by atoms with van der Waals surface area (Å²) in [5.74, 6) is -1.23. The number of hydrogen-bond donors (Lipinski definition) is 3. The van der Waals surface area contributed by atoms with Crippen molar-refractivity contribution in [1.82, 2.24) is 4.90 Å². The summed E-state index contributed by atoms with van der Waals surface area (Å²) in [4.78, 5) is 12.7. The normalized spacial score (nSPS) is 13.2. The maximum Gasteiger partial charge on any atom is 0.337 e. The van der Waals surface area contributed by atoms with Crippen molar-refractivity contribution in [2.75, 3.05) is 19.6 Å². The molecule has 0 saturated carbocycles. The van der Waals surface area contributed by atoms with E-state index in [1.54, 1.807) is 30.3 Å². The van der Waals surface area contributed by atoms with Gasteiger partial charge in [-0.3, -0.25) is 0 Å². The van der Waals surface area contributed by atoms with E-state index in [2.05, 4.69) is 25.7 Å². The summed E-state index contributed by atoms with van der Waals surface area (Å²) in [6, 6.07) is 8.63. The van der Waals surface area contributed by atoms with E-state index < -0.39 is 12.1 Å². The van der Waals surface area contributed by atoms with Gasteiger partial charge in [-0.05, 0) is 45.0 Å². The number of carboxylic acids is 1. The second-order valence-corrected chi connectivity index (χ2v) is 5.30. The minimum absolute atomic E-state index is 0.366. The highest BCUT2D eigenvalue weighted by Gasteiger charge is 2.14. The summed E-state index contributed by atoms with van der Waals surface area (Å²) in [5, 5.41) is 17.4. The third-order valence-electron chi connectivity index (χ3n) is 3.38. The van der Waals surface area contributed by atoms with Crippen LogP contribution in [0.1, 0.15) is 45.3 Å².